The Balaban J connectivity index is 0.000000921. The number of rotatable bonds is 3. The predicted octanol–water partition coefficient (Wildman–Crippen LogP) is 4.95. The SMILES string of the molecule is CC.CCCCc1ccc(C(C)(C)C)o1. The predicted molar refractivity (Wildman–Crippen MR) is 67.4 cm³/mol. The molecule has 1 rings (SSSR count). The summed E-state index contributed by atoms with van der Waals surface area (Å²) in [6, 6.07) is 4.21. The molecule has 0 aliphatic carbocycles. The lowest BCUT2D eigenvalue weighted by atomic mass is 9.94. The molecule has 0 bridgehead atoms. The summed E-state index contributed by atoms with van der Waals surface area (Å²) >= 11 is 0. The van der Waals surface area contributed by atoms with Crippen LogP contribution >= 0.6 is 0 Å². The van der Waals surface area contributed by atoms with Crippen LogP contribution in [0.4, 0.5) is 0 Å². The van der Waals surface area contributed by atoms with Gasteiger partial charge in [-0.2, -0.15) is 0 Å². The van der Waals surface area contributed by atoms with Crippen LogP contribution in [0.2, 0.25) is 0 Å². The third kappa shape index (κ3) is 5.06. The second-order valence-electron chi connectivity index (χ2n) is 4.62. The number of aryl methyl sites for hydroxylation is 1. The van der Waals surface area contributed by atoms with Gasteiger partial charge in [-0.05, 0) is 18.6 Å². The Bertz CT molecular complexity index is 253. The van der Waals surface area contributed by atoms with Gasteiger partial charge in [-0.25, -0.2) is 0 Å². The number of furan rings is 1. The molecule has 1 heterocycles. The molecule has 0 N–H and O–H groups in total. The third-order valence-corrected chi connectivity index (χ3v) is 2.18. The highest BCUT2D eigenvalue weighted by molar-refractivity contribution is 5.14. The molecule has 0 aliphatic rings. The van der Waals surface area contributed by atoms with Gasteiger partial charge in [0.2, 0.25) is 0 Å². The van der Waals surface area contributed by atoms with Crippen molar-refractivity contribution in [2.24, 2.45) is 0 Å². The molecule has 0 aliphatic heterocycles. The molecule has 1 aromatic heterocycles. The fourth-order valence-corrected chi connectivity index (χ4v) is 1.27. The Kier molecular flexibility index (Phi) is 6.38. The summed E-state index contributed by atoms with van der Waals surface area (Å²) in [5.41, 5.74) is 0.143. The lowest BCUT2D eigenvalue weighted by Gasteiger charge is -2.14. The van der Waals surface area contributed by atoms with Crippen LogP contribution in [0.25, 0.3) is 0 Å². The van der Waals surface area contributed by atoms with Crippen LogP contribution in [0, 0.1) is 0 Å². The molecule has 0 saturated heterocycles. The topological polar surface area (TPSA) is 13.1 Å². The van der Waals surface area contributed by atoms with Crippen molar-refractivity contribution < 1.29 is 4.42 Å². The average Bonchev–Trinajstić information content (AvgIpc) is 2.65. The molecule has 1 nitrogen and oxygen atoms in total. The van der Waals surface area contributed by atoms with Crippen molar-refractivity contribution in [2.75, 3.05) is 0 Å². The highest BCUT2D eigenvalue weighted by Crippen LogP contribution is 2.24. The molecule has 0 spiro atoms. The first-order valence-corrected chi connectivity index (χ1v) is 6.13. The van der Waals surface area contributed by atoms with Crippen LogP contribution in [0.15, 0.2) is 16.5 Å². The summed E-state index contributed by atoms with van der Waals surface area (Å²) in [5.74, 6) is 2.23. The van der Waals surface area contributed by atoms with E-state index < -0.39 is 0 Å². The Morgan fingerprint density at radius 1 is 1.13 bits per heavy atom. The minimum Gasteiger partial charge on any atom is -0.466 e. The lowest BCUT2D eigenvalue weighted by molar-refractivity contribution is 0.384. The summed E-state index contributed by atoms with van der Waals surface area (Å²) in [6.45, 7) is 12.7. The zero-order valence-corrected chi connectivity index (χ0v) is 11.2. The van der Waals surface area contributed by atoms with E-state index in [4.69, 9.17) is 4.42 Å². The number of hydrogen-bond acceptors (Lipinski definition) is 1. The molecule has 0 fully saturated rings. The first kappa shape index (κ1) is 14.3. The van der Waals surface area contributed by atoms with Crippen LogP contribution < -0.4 is 0 Å². The third-order valence-electron chi connectivity index (χ3n) is 2.18. The summed E-state index contributed by atoms with van der Waals surface area (Å²) in [6.07, 6.45) is 3.52. The van der Waals surface area contributed by atoms with Gasteiger partial charge < -0.3 is 4.42 Å². The molecular formula is C14H26O. The summed E-state index contributed by atoms with van der Waals surface area (Å²) < 4.78 is 5.75. The molecule has 1 heteroatoms. The molecule has 0 radical (unpaired) electrons. The van der Waals surface area contributed by atoms with Gasteiger partial charge in [-0.3, -0.25) is 0 Å². The van der Waals surface area contributed by atoms with E-state index in [1.54, 1.807) is 0 Å². The fourth-order valence-electron chi connectivity index (χ4n) is 1.27. The van der Waals surface area contributed by atoms with Crippen molar-refractivity contribution in [3.05, 3.63) is 23.7 Å². The van der Waals surface area contributed by atoms with Crippen molar-refractivity contribution in [2.45, 2.75) is 66.2 Å². The van der Waals surface area contributed by atoms with Gasteiger partial charge >= 0.3 is 0 Å². The smallest absolute Gasteiger partial charge is 0.109 e. The molecule has 0 atom stereocenters. The lowest BCUT2D eigenvalue weighted by Crippen LogP contribution is -2.09. The minimum absolute atomic E-state index is 0.143. The van der Waals surface area contributed by atoms with Gasteiger partial charge in [0, 0.05) is 11.8 Å². The zero-order valence-electron chi connectivity index (χ0n) is 11.2. The highest BCUT2D eigenvalue weighted by atomic mass is 16.3. The Morgan fingerprint density at radius 3 is 2.13 bits per heavy atom. The molecule has 88 valence electrons. The van der Waals surface area contributed by atoms with E-state index in [9.17, 15) is 0 Å². The molecule has 0 unspecified atom stereocenters. The van der Waals surface area contributed by atoms with Gasteiger partial charge in [-0.1, -0.05) is 48.0 Å². The van der Waals surface area contributed by atoms with Crippen LogP contribution in [0.1, 0.15) is 65.9 Å². The molecule has 0 aromatic carbocycles. The van der Waals surface area contributed by atoms with Crippen molar-refractivity contribution in [1.29, 1.82) is 0 Å². The van der Waals surface area contributed by atoms with Gasteiger partial charge in [0.1, 0.15) is 11.5 Å². The van der Waals surface area contributed by atoms with E-state index >= 15 is 0 Å². The molecule has 0 saturated carbocycles. The second-order valence-corrected chi connectivity index (χ2v) is 4.62. The summed E-state index contributed by atoms with van der Waals surface area (Å²) in [4.78, 5) is 0. The first-order valence-electron chi connectivity index (χ1n) is 6.13. The summed E-state index contributed by atoms with van der Waals surface area (Å²) in [7, 11) is 0. The number of hydrogen-bond donors (Lipinski definition) is 0. The largest absolute Gasteiger partial charge is 0.466 e. The van der Waals surface area contributed by atoms with E-state index in [1.807, 2.05) is 13.8 Å². The van der Waals surface area contributed by atoms with Crippen molar-refractivity contribution in [3.63, 3.8) is 0 Å². The van der Waals surface area contributed by atoms with E-state index in [-0.39, 0.29) is 5.41 Å². The quantitative estimate of drug-likeness (QED) is 0.688. The molecule has 15 heavy (non-hydrogen) atoms. The van der Waals surface area contributed by atoms with Crippen molar-refractivity contribution in [1.82, 2.24) is 0 Å². The van der Waals surface area contributed by atoms with Crippen LogP contribution in [0.5, 0.6) is 0 Å². The molecular weight excluding hydrogens is 184 g/mol. The van der Waals surface area contributed by atoms with Crippen molar-refractivity contribution >= 4 is 0 Å². The van der Waals surface area contributed by atoms with Crippen LogP contribution in [-0.2, 0) is 11.8 Å². The summed E-state index contributed by atoms with van der Waals surface area (Å²) in [5, 5.41) is 0. The van der Waals surface area contributed by atoms with E-state index in [2.05, 4.69) is 39.8 Å². The Hall–Kier alpha value is -0.720. The van der Waals surface area contributed by atoms with Gasteiger partial charge in [-0.15, -0.1) is 0 Å². The fraction of sp³-hybridized carbons (Fsp3) is 0.714. The Morgan fingerprint density at radius 2 is 1.73 bits per heavy atom. The normalized spacial score (nSPS) is 10.8. The highest BCUT2D eigenvalue weighted by Gasteiger charge is 2.17. The van der Waals surface area contributed by atoms with Crippen LogP contribution in [0.3, 0.4) is 0 Å². The molecule has 0 amide bonds. The zero-order chi connectivity index (χ0) is 11.9. The monoisotopic (exact) mass is 210 g/mol. The maximum absolute atomic E-state index is 5.75. The van der Waals surface area contributed by atoms with Crippen LogP contribution in [-0.4, -0.2) is 0 Å². The number of unbranched alkanes of at least 4 members (excludes halogenated alkanes) is 1. The van der Waals surface area contributed by atoms with E-state index in [0.717, 1.165) is 17.9 Å². The average molecular weight is 210 g/mol. The molecule has 1 aromatic rings. The first-order chi connectivity index (χ1) is 7.04. The van der Waals surface area contributed by atoms with E-state index in [1.165, 1.54) is 12.8 Å². The maximum Gasteiger partial charge on any atom is 0.109 e. The van der Waals surface area contributed by atoms with Gasteiger partial charge in [0.15, 0.2) is 0 Å². The second kappa shape index (κ2) is 6.71. The van der Waals surface area contributed by atoms with E-state index in [0.29, 0.717) is 0 Å². The standard InChI is InChI=1S/C12H20O.C2H6/c1-5-6-7-10-8-9-11(13-10)12(2,3)4;1-2/h8-9H,5-7H2,1-4H3;1-2H3. The van der Waals surface area contributed by atoms with Gasteiger partial charge in [0.25, 0.3) is 0 Å². The maximum atomic E-state index is 5.75. The van der Waals surface area contributed by atoms with Crippen molar-refractivity contribution in [3.8, 4) is 0 Å². The van der Waals surface area contributed by atoms with Gasteiger partial charge in [0.05, 0.1) is 0 Å². The Labute approximate surface area is 94.9 Å². The minimum atomic E-state index is 0.143.